The number of hydrogen-bond donors (Lipinski definition) is 3. The van der Waals surface area contributed by atoms with Crippen LogP contribution in [0.3, 0.4) is 0 Å². The number of nitrogens with zero attached hydrogens (tertiary/aromatic N) is 2. The van der Waals surface area contributed by atoms with Crippen molar-refractivity contribution in [2.75, 3.05) is 6.54 Å². The molecule has 1 fully saturated rings. The van der Waals surface area contributed by atoms with Crippen LogP contribution in [0.1, 0.15) is 39.3 Å². The van der Waals surface area contributed by atoms with E-state index in [-0.39, 0.29) is 12.3 Å². The number of nitrogens with two attached hydrogens (primary N) is 1. The van der Waals surface area contributed by atoms with Crippen LogP contribution in [0, 0.1) is 0 Å². The van der Waals surface area contributed by atoms with Crippen LogP contribution in [-0.2, 0) is 20.7 Å². The lowest BCUT2D eigenvalue weighted by Gasteiger charge is -2.28. The SMILES string of the molecule is CC(C)(C)OC(=O)N[C@H](Cc1cnc[nH]1)C(=O)N1CCC[C@H]1C(N)=O. The van der Waals surface area contributed by atoms with E-state index in [0.29, 0.717) is 25.1 Å². The minimum atomic E-state index is -0.879. The van der Waals surface area contributed by atoms with Gasteiger partial charge in [0.25, 0.3) is 0 Å². The van der Waals surface area contributed by atoms with Crippen molar-refractivity contribution in [3.05, 3.63) is 18.2 Å². The molecule has 3 amide bonds. The third-order valence-corrected chi connectivity index (χ3v) is 3.83. The largest absolute Gasteiger partial charge is 0.444 e. The van der Waals surface area contributed by atoms with Gasteiger partial charge in [0.1, 0.15) is 17.7 Å². The smallest absolute Gasteiger partial charge is 0.408 e. The van der Waals surface area contributed by atoms with E-state index < -0.39 is 29.7 Å². The minimum Gasteiger partial charge on any atom is -0.444 e. The van der Waals surface area contributed by atoms with Crippen LogP contribution in [0.2, 0.25) is 0 Å². The van der Waals surface area contributed by atoms with Gasteiger partial charge in [-0.05, 0) is 33.6 Å². The van der Waals surface area contributed by atoms with Crippen LogP contribution in [0.25, 0.3) is 0 Å². The zero-order chi connectivity index (χ0) is 18.6. The molecule has 2 rings (SSSR count). The Bertz CT molecular complexity index is 623. The summed E-state index contributed by atoms with van der Waals surface area (Å²) < 4.78 is 5.24. The number of alkyl carbamates (subject to hydrolysis) is 1. The van der Waals surface area contributed by atoms with Crippen LogP contribution in [0.4, 0.5) is 4.79 Å². The standard InChI is InChI=1S/C16H25N5O4/c1-16(2,3)25-15(24)20-11(7-10-8-18-9-19-10)14(23)21-6-4-5-12(21)13(17)22/h8-9,11-12H,4-7H2,1-3H3,(H2,17,22)(H,18,19)(H,20,24)/t11-,12+/m1/s1. The van der Waals surface area contributed by atoms with Crippen molar-refractivity contribution in [1.29, 1.82) is 0 Å². The third kappa shape index (κ3) is 5.20. The lowest BCUT2D eigenvalue weighted by molar-refractivity contribution is -0.139. The Labute approximate surface area is 146 Å². The summed E-state index contributed by atoms with van der Waals surface area (Å²) in [5, 5.41) is 2.60. The molecule has 0 aromatic carbocycles. The Hall–Kier alpha value is -2.58. The number of primary amides is 1. The van der Waals surface area contributed by atoms with Gasteiger partial charge < -0.3 is 25.7 Å². The van der Waals surface area contributed by atoms with Crippen molar-refractivity contribution in [2.24, 2.45) is 5.73 Å². The second kappa shape index (κ2) is 7.54. The molecule has 0 aliphatic carbocycles. The minimum absolute atomic E-state index is 0.208. The van der Waals surface area contributed by atoms with E-state index in [2.05, 4.69) is 15.3 Å². The maximum Gasteiger partial charge on any atom is 0.408 e. The van der Waals surface area contributed by atoms with E-state index in [4.69, 9.17) is 10.5 Å². The number of H-pyrrole nitrogens is 1. The highest BCUT2D eigenvalue weighted by atomic mass is 16.6. The number of hydrogen-bond acceptors (Lipinski definition) is 5. The first-order valence-electron chi connectivity index (χ1n) is 8.24. The molecule has 4 N–H and O–H groups in total. The third-order valence-electron chi connectivity index (χ3n) is 3.83. The van der Waals surface area contributed by atoms with Crippen LogP contribution < -0.4 is 11.1 Å². The molecule has 138 valence electrons. The molecule has 1 aromatic heterocycles. The van der Waals surface area contributed by atoms with Gasteiger partial charge in [-0.2, -0.15) is 0 Å². The highest BCUT2D eigenvalue weighted by Gasteiger charge is 2.37. The molecule has 9 nitrogen and oxygen atoms in total. The molecule has 1 aromatic rings. The number of imidazole rings is 1. The Balaban J connectivity index is 2.14. The first-order chi connectivity index (χ1) is 11.7. The maximum atomic E-state index is 12.9. The fourth-order valence-corrected chi connectivity index (χ4v) is 2.79. The Morgan fingerprint density at radius 2 is 2.20 bits per heavy atom. The number of nitrogens with one attached hydrogen (secondary N) is 2. The summed E-state index contributed by atoms with van der Waals surface area (Å²) in [5.41, 5.74) is 5.38. The zero-order valence-corrected chi connectivity index (χ0v) is 14.7. The van der Waals surface area contributed by atoms with Crippen LogP contribution >= 0.6 is 0 Å². The van der Waals surface area contributed by atoms with Crippen molar-refractivity contribution in [1.82, 2.24) is 20.2 Å². The summed E-state index contributed by atoms with van der Waals surface area (Å²) in [4.78, 5) is 44.8. The van der Waals surface area contributed by atoms with E-state index in [9.17, 15) is 14.4 Å². The van der Waals surface area contributed by atoms with Gasteiger partial charge in [-0.3, -0.25) is 9.59 Å². The fourth-order valence-electron chi connectivity index (χ4n) is 2.79. The molecule has 0 unspecified atom stereocenters. The van der Waals surface area contributed by atoms with E-state index in [1.807, 2.05) is 0 Å². The number of ether oxygens (including phenoxy) is 1. The van der Waals surface area contributed by atoms with Crippen molar-refractivity contribution in [3.63, 3.8) is 0 Å². The number of rotatable bonds is 5. The average molecular weight is 351 g/mol. The molecule has 0 bridgehead atoms. The summed E-state index contributed by atoms with van der Waals surface area (Å²) in [7, 11) is 0. The van der Waals surface area contributed by atoms with Crippen molar-refractivity contribution >= 4 is 17.9 Å². The van der Waals surface area contributed by atoms with Crippen LogP contribution in [0.15, 0.2) is 12.5 Å². The van der Waals surface area contributed by atoms with E-state index in [1.165, 1.54) is 11.2 Å². The molecule has 0 saturated carbocycles. The van der Waals surface area contributed by atoms with Crippen molar-refractivity contribution < 1.29 is 19.1 Å². The van der Waals surface area contributed by atoms with E-state index in [1.54, 1.807) is 27.0 Å². The van der Waals surface area contributed by atoms with Crippen LogP contribution in [0.5, 0.6) is 0 Å². The highest BCUT2D eigenvalue weighted by molar-refractivity contribution is 5.91. The Morgan fingerprint density at radius 3 is 2.76 bits per heavy atom. The molecule has 9 heteroatoms. The molecule has 1 aliphatic heterocycles. The van der Waals surface area contributed by atoms with Gasteiger partial charge in [0.05, 0.1) is 6.33 Å². The second-order valence-corrected chi connectivity index (χ2v) is 7.07. The monoisotopic (exact) mass is 351 g/mol. The topological polar surface area (TPSA) is 130 Å². The predicted octanol–water partition coefficient (Wildman–Crippen LogP) is 0.322. The number of aromatic nitrogens is 2. The van der Waals surface area contributed by atoms with Gasteiger partial charge in [-0.25, -0.2) is 9.78 Å². The van der Waals surface area contributed by atoms with Crippen molar-refractivity contribution in [3.8, 4) is 0 Å². The Morgan fingerprint density at radius 1 is 1.48 bits per heavy atom. The second-order valence-electron chi connectivity index (χ2n) is 7.07. The molecule has 25 heavy (non-hydrogen) atoms. The zero-order valence-electron chi connectivity index (χ0n) is 14.7. The Kier molecular flexibility index (Phi) is 5.66. The number of carbonyl (C=O) groups excluding carboxylic acids is 3. The molecule has 0 spiro atoms. The first-order valence-corrected chi connectivity index (χ1v) is 8.24. The van der Waals surface area contributed by atoms with Crippen LogP contribution in [-0.4, -0.2) is 57.0 Å². The lowest BCUT2D eigenvalue weighted by Crippen LogP contribution is -2.54. The summed E-state index contributed by atoms with van der Waals surface area (Å²) in [5.74, 6) is -0.898. The molecule has 1 saturated heterocycles. The number of amides is 3. The first kappa shape index (κ1) is 18.8. The van der Waals surface area contributed by atoms with Gasteiger partial charge in [0, 0.05) is 24.9 Å². The summed E-state index contributed by atoms with van der Waals surface area (Å²) >= 11 is 0. The predicted molar refractivity (Wildman–Crippen MR) is 89.4 cm³/mol. The number of likely N-dealkylation sites (tertiary alicyclic amines) is 1. The summed E-state index contributed by atoms with van der Waals surface area (Å²) in [6, 6.07) is -1.52. The molecular formula is C16H25N5O4. The quantitative estimate of drug-likeness (QED) is 0.703. The average Bonchev–Trinajstić information content (AvgIpc) is 3.14. The lowest BCUT2D eigenvalue weighted by atomic mass is 10.1. The highest BCUT2D eigenvalue weighted by Crippen LogP contribution is 2.19. The van der Waals surface area contributed by atoms with E-state index >= 15 is 0 Å². The van der Waals surface area contributed by atoms with Gasteiger partial charge in [-0.15, -0.1) is 0 Å². The van der Waals surface area contributed by atoms with E-state index in [0.717, 1.165) is 0 Å². The van der Waals surface area contributed by atoms with Gasteiger partial charge >= 0.3 is 6.09 Å². The van der Waals surface area contributed by atoms with Gasteiger partial charge in [0.15, 0.2) is 0 Å². The maximum absolute atomic E-state index is 12.9. The summed E-state index contributed by atoms with van der Waals surface area (Å²) in [6.07, 6.45) is 3.81. The number of aromatic amines is 1. The van der Waals surface area contributed by atoms with Gasteiger partial charge in [-0.1, -0.05) is 0 Å². The number of carbonyl (C=O) groups is 3. The molecular weight excluding hydrogens is 326 g/mol. The molecule has 2 heterocycles. The summed E-state index contributed by atoms with van der Waals surface area (Å²) in [6.45, 7) is 5.65. The molecule has 1 aliphatic rings. The van der Waals surface area contributed by atoms with Crippen molar-refractivity contribution in [2.45, 2.75) is 57.7 Å². The fraction of sp³-hybridized carbons (Fsp3) is 0.625. The molecule has 0 radical (unpaired) electrons. The molecule has 2 atom stereocenters. The normalized spacial score (nSPS) is 18.7. The van der Waals surface area contributed by atoms with Gasteiger partial charge in [0.2, 0.25) is 11.8 Å².